The summed E-state index contributed by atoms with van der Waals surface area (Å²) in [6.07, 6.45) is 3.63. The van der Waals surface area contributed by atoms with Crippen molar-refractivity contribution in [2.75, 3.05) is 19.7 Å². The topological polar surface area (TPSA) is 50.5 Å². The average molecular weight is 336 g/mol. The van der Waals surface area contributed by atoms with Crippen LogP contribution in [0.3, 0.4) is 0 Å². The number of piperidine rings is 1. The Balaban J connectivity index is 1.57. The van der Waals surface area contributed by atoms with Crippen molar-refractivity contribution in [1.29, 1.82) is 0 Å². The highest BCUT2D eigenvalue weighted by molar-refractivity contribution is 6.30. The molecule has 124 valence electrons. The molecule has 1 aliphatic heterocycles. The van der Waals surface area contributed by atoms with Crippen LogP contribution in [0, 0.1) is 0 Å². The zero-order chi connectivity index (χ0) is 16.3. The molecule has 1 saturated heterocycles. The van der Waals surface area contributed by atoms with Gasteiger partial charge in [-0.05, 0) is 43.7 Å². The van der Waals surface area contributed by atoms with Crippen LogP contribution in [-0.2, 0) is 13.6 Å². The number of aliphatic hydroxyl groups is 1. The summed E-state index contributed by atoms with van der Waals surface area (Å²) in [6.45, 7) is 2.58. The van der Waals surface area contributed by atoms with Crippen molar-refractivity contribution < 1.29 is 9.84 Å². The predicted molar refractivity (Wildman–Crippen MR) is 89.6 cm³/mol. The molecule has 1 aromatic carbocycles. The van der Waals surface area contributed by atoms with Crippen LogP contribution in [0.4, 0.5) is 0 Å². The second-order valence-electron chi connectivity index (χ2n) is 6.27. The van der Waals surface area contributed by atoms with Gasteiger partial charge < -0.3 is 9.84 Å². The minimum absolute atomic E-state index is 0.270. The maximum absolute atomic E-state index is 10.8. The lowest BCUT2D eigenvalue weighted by atomic mass is 9.93. The molecule has 1 atom stereocenters. The van der Waals surface area contributed by atoms with Crippen molar-refractivity contribution in [1.82, 2.24) is 14.7 Å². The number of β-amino-alcohol motifs (C(OH)–C–C–N with tert-alkyl or cyclic N) is 1. The van der Waals surface area contributed by atoms with Crippen LogP contribution in [0.2, 0.25) is 5.02 Å². The lowest BCUT2D eigenvalue weighted by molar-refractivity contribution is -0.0623. The number of ether oxygens (including phenoxy) is 1. The van der Waals surface area contributed by atoms with Crippen molar-refractivity contribution in [2.45, 2.75) is 25.0 Å². The number of benzene rings is 1. The molecule has 0 spiro atoms. The quantitative estimate of drug-likeness (QED) is 0.912. The van der Waals surface area contributed by atoms with Crippen LogP contribution in [0.15, 0.2) is 36.5 Å². The number of aromatic nitrogens is 2. The van der Waals surface area contributed by atoms with Crippen LogP contribution in [-0.4, -0.2) is 45.1 Å². The first-order valence-electron chi connectivity index (χ1n) is 7.84. The van der Waals surface area contributed by atoms with Gasteiger partial charge in [0.15, 0.2) is 0 Å². The fourth-order valence-electron chi connectivity index (χ4n) is 3.01. The number of rotatable bonds is 5. The zero-order valence-corrected chi connectivity index (χ0v) is 14.0. The lowest BCUT2D eigenvalue weighted by Crippen LogP contribution is -2.51. The maximum atomic E-state index is 10.8. The Morgan fingerprint density at radius 1 is 1.39 bits per heavy atom. The van der Waals surface area contributed by atoms with Crippen LogP contribution in [0.1, 0.15) is 18.5 Å². The smallest absolute Gasteiger partial charge is 0.120 e. The van der Waals surface area contributed by atoms with Crippen LogP contribution >= 0.6 is 11.6 Å². The van der Waals surface area contributed by atoms with Gasteiger partial charge in [0.2, 0.25) is 0 Å². The lowest BCUT2D eigenvalue weighted by Gasteiger charge is -2.38. The molecule has 5 nitrogen and oxygen atoms in total. The third kappa shape index (κ3) is 4.47. The van der Waals surface area contributed by atoms with E-state index in [9.17, 15) is 5.11 Å². The van der Waals surface area contributed by atoms with E-state index in [1.807, 2.05) is 31.4 Å². The predicted octanol–water partition coefficient (Wildman–Crippen LogP) is 2.48. The summed E-state index contributed by atoms with van der Waals surface area (Å²) in [7, 11) is 1.91. The standard InChI is InChI=1S/C17H22ClN3O2/c1-20-9-6-15(19-20)11-21-8-3-7-17(22,12-21)13-23-16-5-2-4-14(18)10-16/h2,4-6,9-10,22H,3,7-8,11-13H2,1H3. The number of hydrogen-bond donors (Lipinski definition) is 1. The second-order valence-corrected chi connectivity index (χ2v) is 6.70. The Hall–Kier alpha value is -1.56. The molecule has 2 heterocycles. The first kappa shape index (κ1) is 16.3. The molecular formula is C17H22ClN3O2. The van der Waals surface area contributed by atoms with Gasteiger partial charge in [0.1, 0.15) is 18.0 Å². The zero-order valence-electron chi connectivity index (χ0n) is 13.3. The van der Waals surface area contributed by atoms with E-state index in [4.69, 9.17) is 16.3 Å². The number of likely N-dealkylation sites (tertiary alicyclic amines) is 1. The van der Waals surface area contributed by atoms with Crippen LogP contribution in [0.5, 0.6) is 5.75 Å². The Bertz CT molecular complexity index is 661. The van der Waals surface area contributed by atoms with E-state index in [1.165, 1.54) is 0 Å². The molecule has 0 bridgehead atoms. The van der Waals surface area contributed by atoms with Gasteiger partial charge in [0, 0.05) is 31.4 Å². The summed E-state index contributed by atoms with van der Waals surface area (Å²) in [5, 5.41) is 15.9. The summed E-state index contributed by atoms with van der Waals surface area (Å²) in [4.78, 5) is 2.23. The van der Waals surface area contributed by atoms with Gasteiger partial charge in [-0.1, -0.05) is 17.7 Å². The molecule has 1 aromatic heterocycles. The summed E-state index contributed by atoms with van der Waals surface area (Å²) in [6, 6.07) is 9.27. The number of nitrogens with zero attached hydrogens (tertiary/aromatic N) is 3. The van der Waals surface area contributed by atoms with E-state index in [2.05, 4.69) is 10.00 Å². The summed E-state index contributed by atoms with van der Waals surface area (Å²) in [5.41, 5.74) is 0.183. The molecule has 2 aromatic rings. The van der Waals surface area contributed by atoms with Crippen molar-refractivity contribution >= 4 is 11.6 Å². The van der Waals surface area contributed by atoms with E-state index in [-0.39, 0.29) is 6.61 Å². The van der Waals surface area contributed by atoms with Crippen molar-refractivity contribution in [3.05, 3.63) is 47.2 Å². The third-order valence-corrected chi connectivity index (χ3v) is 4.33. The van der Waals surface area contributed by atoms with E-state index in [1.54, 1.807) is 16.8 Å². The highest BCUT2D eigenvalue weighted by Crippen LogP contribution is 2.25. The third-order valence-electron chi connectivity index (χ3n) is 4.09. The Kier molecular flexibility index (Phi) is 4.90. The minimum Gasteiger partial charge on any atom is -0.490 e. The molecule has 0 amide bonds. The fraction of sp³-hybridized carbons (Fsp3) is 0.471. The highest BCUT2D eigenvalue weighted by Gasteiger charge is 2.34. The average Bonchev–Trinajstić information content (AvgIpc) is 2.91. The van der Waals surface area contributed by atoms with Crippen molar-refractivity contribution in [3.8, 4) is 5.75 Å². The molecule has 6 heteroatoms. The fourth-order valence-corrected chi connectivity index (χ4v) is 3.19. The molecule has 3 rings (SSSR count). The molecule has 1 fully saturated rings. The van der Waals surface area contributed by atoms with Crippen LogP contribution < -0.4 is 4.74 Å². The number of halogens is 1. The summed E-state index contributed by atoms with van der Waals surface area (Å²) < 4.78 is 7.55. The first-order valence-corrected chi connectivity index (χ1v) is 8.22. The van der Waals surface area contributed by atoms with Gasteiger partial charge >= 0.3 is 0 Å². The number of aryl methyl sites for hydroxylation is 1. The Morgan fingerprint density at radius 3 is 3.00 bits per heavy atom. The van der Waals surface area contributed by atoms with Crippen LogP contribution in [0.25, 0.3) is 0 Å². The minimum atomic E-state index is -0.838. The molecule has 1 unspecified atom stereocenters. The van der Waals surface area contributed by atoms with Gasteiger partial charge in [-0.15, -0.1) is 0 Å². The SMILES string of the molecule is Cn1ccc(CN2CCCC(O)(COc3cccc(Cl)c3)C2)n1. The van der Waals surface area contributed by atoms with E-state index in [0.29, 0.717) is 17.3 Å². The van der Waals surface area contributed by atoms with Gasteiger partial charge in [-0.2, -0.15) is 5.10 Å². The highest BCUT2D eigenvalue weighted by atomic mass is 35.5. The number of hydrogen-bond acceptors (Lipinski definition) is 4. The monoisotopic (exact) mass is 335 g/mol. The van der Waals surface area contributed by atoms with Gasteiger partial charge in [-0.25, -0.2) is 0 Å². The Morgan fingerprint density at radius 2 is 2.26 bits per heavy atom. The molecule has 1 aliphatic rings. The van der Waals surface area contributed by atoms with E-state index < -0.39 is 5.60 Å². The summed E-state index contributed by atoms with van der Waals surface area (Å²) >= 11 is 5.96. The summed E-state index contributed by atoms with van der Waals surface area (Å²) in [5.74, 6) is 0.688. The molecule has 0 saturated carbocycles. The van der Waals surface area contributed by atoms with Gasteiger partial charge in [0.05, 0.1) is 5.69 Å². The molecule has 0 aliphatic carbocycles. The molecule has 23 heavy (non-hydrogen) atoms. The Labute approximate surface area is 141 Å². The first-order chi connectivity index (χ1) is 11.0. The van der Waals surface area contributed by atoms with Gasteiger partial charge in [0.25, 0.3) is 0 Å². The molecular weight excluding hydrogens is 314 g/mol. The van der Waals surface area contributed by atoms with E-state index in [0.717, 1.165) is 31.6 Å². The van der Waals surface area contributed by atoms with Gasteiger partial charge in [-0.3, -0.25) is 9.58 Å². The van der Waals surface area contributed by atoms with Crippen molar-refractivity contribution in [2.24, 2.45) is 7.05 Å². The molecule has 0 radical (unpaired) electrons. The van der Waals surface area contributed by atoms with E-state index >= 15 is 0 Å². The normalized spacial score (nSPS) is 22.2. The largest absolute Gasteiger partial charge is 0.490 e. The molecule has 1 N–H and O–H groups in total. The maximum Gasteiger partial charge on any atom is 0.120 e. The van der Waals surface area contributed by atoms with Crippen molar-refractivity contribution in [3.63, 3.8) is 0 Å². The second kappa shape index (κ2) is 6.91.